The summed E-state index contributed by atoms with van der Waals surface area (Å²) in [4.78, 5) is 26.3. The van der Waals surface area contributed by atoms with Crippen molar-refractivity contribution in [2.45, 2.75) is 31.9 Å². The molecule has 0 aromatic carbocycles. The number of rotatable bonds is 7. The van der Waals surface area contributed by atoms with Gasteiger partial charge in [-0.2, -0.15) is 0 Å². The van der Waals surface area contributed by atoms with E-state index in [1.807, 2.05) is 11.9 Å². The molecule has 1 atom stereocenters. The summed E-state index contributed by atoms with van der Waals surface area (Å²) in [5.41, 5.74) is 0. The number of anilines is 1. The molecule has 0 radical (unpaired) electrons. The standard InChI is InChI=1S/C16H26N4O3S.ClH/c1-11-8-14(19-23-11)18-16(22)12(2)24-10-15(21)20-6-4-13(5-7-20)9-17-3;/h8,12-13,17H,4-7,9-10H2,1-3H3,(H,18,19,22);1H. The number of likely N-dealkylation sites (tertiary alicyclic amines) is 1. The molecule has 142 valence electrons. The van der Waals surface area contributed by atoms with E-state index in [0.717, 1.165) is 32.5 Å². The van der Waals surface area contributed by atoms with Crippen molar-refractivity contribution in [2.24, 2.45) is 5.92 Å². The molecule has 1 aliphatic rings. The van der Waals surface area contributed by atoms with Crippen LogP contribution >= 0.6 is 24.2 Å². The number of carbonyl (C=O) groups is 2. The third-order valence-electron chi connectivity index (χ3n) is 4.17. The fraction of sp³-hybridized carbons (Fsp3) is 0.688. The molecule has 9 heteroatoms. The molecule has 2 rings (SSSR count). The van der Waals surface area contributed by atoms with Crippen LogP contribution in [0.1, 0.15) is 25.5 Å². The van der Waals surface area contributed by atoms with E-state index in [1.165, 1.54) is 11.8 Å². The van der Waals surface area contributed by atoms with Gasteiger partial charge >= 0.3 is 0 Å². The monoisotopic (exact) mass is 390 g/mol. The van der Waals surface area contributed by atoms with Crippen LogP contribution in [0.15, 0.2) is 10.6 Å². The van der Waals surface area contributed by atoms with Gasteiger partial charge in [0.1, 0.15) is 5.76 Å². The first kappa shape index (κ1) is 21.8. The predicted octanol–water partition coefficient (Wildman–Crippen LogP) is 1.92. The number of hydrogen-bond donors (Lipinski definition) is 2. The average molecular weight is 391 g/mol. The molecular formula is C16H27ClN4O3S. The van der Waals surface area contributed by atoms with Gasteiger partial charge in [-0.15, -0.1) is 24.2 Å². The Kier molecular flexibility index (Phi) is 9.31. The first-order valence-corrected chi connectivity index (χ1v) is 9.32. The Morgan fingerprint density at radius 2 is 2.12 bits per heavy atom. The Morgan fingerprint density at radius 3 is 2.68 bits per heavy atom. The molecule has 0 spiro atoms. The van der Waals surface area contributed by atoms with Gasteiger partial charge in [-0.3, -0.25) is 9.59 Å². The van der Waals surface area contributed by atoms with Crippen LogP contribution in [0.25, 0.3) is 0 Å². The lowest BCUT2D eigenvalue weighted by molar-refractivity contribution is -0.129. The Morgan fingerprint density at radius 1 is 1.44 bits per heavy atom. The minimum absolute atomic E-state index is 0. The van der Waals surface area contributed by atoms with E-state index in [1.54, 1.807) is 19.9 Å². The minimum Gasteiger partial charge on any atom is -0.360 e. The van der Waals surface area contributed by atoms with Gasteiger partial charge < -0.3 is 20.1 Å². The van der Waals surface area contributed by atoms with E-state index >= 15 is 0 Å². The van der Waals surface area contributed by atoms with Crippen LogP contribution in [0.3, 0.4) is 0 Å². The third-order valence-corrected chi connectivity index (χ3v) is 5.29. The molecule has 2 N–H and O–H groups in total. The number of aromatic nitrogens is 1. The van der Waals surface area contributed by atoms with Crippen LogP contribution in [-0.4, -0.2) is 59.6 Å². The number of hydrogen-bond acceptors (Lipinski definition) is 6. The molecule has 1 fully saturated rings. The van der Waals surface area contributed by atoms with E-state index < -0.39 is 0 Å². The van der Waals surface area contributed by atoms with Crippen LogP contribution in [0, 0.1) is 12.8 Å². The smallest absolute Gasteiger partial charge is 0.238 e. The highest BCUT2D eigenvalue weighted by Gasteiger charge is 2.24. The molecule has 0 saturated carbocycles. The number of amides is 2. The second-order valence-corrected chi connectivity index (χ2v) is 7.48. The molecule has 1 unspecified atom stereocenters. The summed E-state index contributed by atoms with van der Waals surface area (Å²) in [5, 5.41) is 9.29. The highest BCUT2D eigenvalue weighted by atomic mass is 35.5. The van der Waals surface area contributed by atoms with Gasteiger partial charge in [0.15, 0.2) is 5.82 Å². The molecule has 1 saturated heterocycles. The van der Waals surface area contributed by atoms with Crippen LogP contribution in [0.5, 0.6) is 0 Å². The van der Waals surface area contributed by atoms with Gasteiger partial charge in [0.05, 0.1) is 11.0 Å². The lowest BCUT2D eigenvalue weighted by Gasteiger charge is -2.32. The second-order valence-electron chi connectivity index (χ2n) is 6.15. The summed E-state index contributed by atoms with van der Waals surface area (Å²) in [6, 6.07) is 1.66. The van der Waals surface area contributed by atoms with Crippen molar-refractivity contribution in [3.05, 3.63) is 11.8 Å². The minimum atomic E-state index is -0.326. The fourth-order valence-corrected chi connectivity index (χ4v) is 3.48. The molecule has 2 amide bonds. The molecule has 0 bridgehead atoms. The Labute approximate surface area is 159 Å². The molecular weight excluding hydrogens is 364 g/mol. The molecule has 1 aliphatic heterocycles. The summed E-state index contributed by atoms with van der Waals surface area (Å²) < 4.78 is 4.91. The lowest BCUT2D eigenvalue weighted by atomic mass is 9.97. The summed E-state index contributed by atoms with van der Waals surface area (Å²) >= 11 is 1.35. The molecule has 2 heterocycles. The first-order valence-electron chi connectivity index (χ1n) is 8.27. The Balaban J connectivity index is 0.00000312. The van der Waals surface area contributed by atoms with E-state index in [2.05, 4.69) is 15.8 Å². The molecule has 7 nitrogen and oxygen atoms in total. The lowest BCUT2D eigenvalue weighted by Crippen LogP contribution is -2.41. The summed E-state index contributed by atoms with van der Waals surface area (Å²) in [6.07, 6.45) is 2.08. The Hall–Kier alpha value is -1.25. The first-order chi connectivity index (χ1) is 11.5. The molecule has 1 aromatic heterocycles. The van der Waals surface area contributed by atoms with Crippen molar-refractivity contribution in [3.8, 4) is 0 Å². The summed E-state index contributed by atoms with van der Waals surface area (Å²) in [6.45, 7) is 6.18. The van der Waals surface area contributed by atoms with Crippen LogP contribution in [0.4, 0.5) is 5.82 Å². The molecule has 25 heavy (non-hydrogen) atoms. The predicted molar refractivity (Wildman–Crippen MR) is 102 cm³/mol. The largest absolute Gasteiger partial charge is 0.360 e. The van der Waals surface area contributed by atoms with Gasteiger partial charge in [0.25, 0.3) is 0 Å². The highest BCUT2D eigenvalue weighted by molar-refractivity contribution is 8.01. The number of carbonyl (C=O) groups excluding carboxylic acids is 2. The van der Waals surface area contributed by atoms with Gasteiger partial charge in [-0.1, -0.05) is 5.16 Å². The van der Waals surface area contributed by atoms with Crippen LogP contribution < -0.4 is 10.6 Å². The number of nitrogens with one attached hydrogen (secondary N) is 2. The van der Waals surface area contributed by atoms with E-state index in [9.17, 15) is 9.59 Å². The van der Waals surface area contributed by atoms with E-state index in [-0.39, 0.29) is 29.5 Å². The average Bonchev–Trinajstić information content (AvgIpc) is 2.98. The fourth-order valence-electron chi connectivity index (χ4n) is 2.69. The number of aryl methyl sites for hydroxylation is 1. The quantitative estimate of drug-likeness (QED) is 0.739. The summed E-state index contributed by atoms with van der Waals surface area (Å²) in [7, 11) is 1.96. The zero-order valence-electron chi connectivity index (χ0n) is 14.9. The van der Waals surface area contributed by atoms with Crippen molar-refractivity contribution in [2.75, 3.05) is 37.8 Å². The van der Waals surface area contributed by atoms with Crippen molar-refractivity contribution in [1.82, 2.24) is 15.4 Å². The van der Waals surface area contributed by atoms with Gasteiger partial charge in [-0.05, 0) is 46.2 Å². The van der Waals surface area contributed by atoms with E-state index in [4.69, 9.17) is 4.52 Å². The highest BCUT2D eigenvalue weighted by Crippen LogP contribution is 2.19. The van der Waals surface area contributed by atoms with Gasteiger partial charge in [0.2, 0.25) is 11.8 Å². The van der Waals surface area contributed by atoms with Gasteiger partial charge in [-0.25, -0.2) is 0 Å². The van der Waals surface area contributed by atoms with Crippen LogP contribution in [-0.2, 0) is 9.59 Å². The molecule has 1 aromatic rings. The maximum Gasteiger partial charge on any atom is 0.238 e. The number of halogens is 1. The van der Waals surface area contributed by atoms with Crippen molar-refractivity contribution in [3.63, 3.8) is 0 Å². The zero-order chi connectivity index (χ0) is 17.5. The third kappa shape index (κ3) is 6.87. The van der Waals surface area contributed by atoms with Crippen molar-refractivity contribution in [1.29, 1.82) is 0 Å². The topological polar surface area (TPSA) is 87.5 Å². The van der Waals surface area contributed by atoms with Crippen molar-refractivity contribution < 1.29 is 14.1 Å². The SMILES string of the molecule is CNCC1CCN(C(=O)CSC(C)C(=O)Nc2cc(C)on2)CC1.Cl. The normalized spacial score (nSPS) is 16.2. The Bertz CT molecular complexity index is 561. The maximum absolute atomic E-state index is 12.3. The molecule has 0 aliphatic carbocycles. The number of thioether (sulfide) groups is 1. The van der Waals surface area contributed by atoms with Crippen LogP contribution in [0.2, 0.25) is 0 Å². The van der Waals surface area contributed by atoms with E-state index in [0.29, 0.717) is 23.2 Å². The maximum atomic E-state index is 12.3. The number of piperidine rings is 1. The summed E-state index contributed by atoms with van der Waals surface area (Å²) in [5.74, 6) is 1.96. The van der Waals surface area contributed by atoms with Crippen molar-refractivity contribution >= 4 is 41.8 Å². The number of nitrogens with zero attached hydrogens (tertiary/aromatic N) is 2. The zero-order valence-corrected chi connectivity index (χ0v) is 16.5. The second kappa shape index (κ2) is 10.7. The van der Waals surface area contributed by atoms with Gasteiger partial charge in [0, 0.05) is 19.2 Å².